The number of ether oxygens (including phenoxy) is 2. The molecule has 0 atom stereocenters. The van der Waals surface area contributed by atoms with Crippen LogP contribution in [0.3, 0.4) is 0 Å². The zero-order valence-corrected chi connectivity index (χ0v) is 14.8. The van der Waals surface area contributed by atoms with Crippen LogP contribution in [0.25, 0.3) is 0 Å². The van der Waals surface area contributed by atoms with Gasteiger partial charge in [0.1, 0.15) is 0 Å². The number of amides is 1. The van der Waals surface area contributed by atoms with Gasteiger partial charge in [-0.15, -0.1) is 0 Å². The summed E-state index contributed by atoms with van der Waals surface area (Å²) in [5.74, 6) is 1.72. The van der Waals surface area contributed by atoms with Gasteiger partial charge in [0, 0.05) is 37.5 Å². The summed E-state index contributed by atoms with van der Waals surface area (Å²) in [4.78, 5) is 19.1. The molecule has 0 N–H and O–H groups in total. The molecule has 1 aromatic heterocycles. The highest BCUT2D eigenvalue weighted by Crippen LogP contribution is 2.31. The predicted octanol–water partition coefficient (Wildman–Crippen LogP) is 3.54. The van der Waals surface area contributed by atoms with Crippen LogP contribution >= 0.6 is 0 Å². The third-order valence-corrected chi connectivity index (χ3v) is 3.96. The smallest absolute Gasteiger partial charge is 0.254 e. The van der Waals surface area contributed by atoms with Gasteiger partial charge in [-0.05, 0) is 35.7 Å². The second kappa shape index (κ2) is 8.01. The van der Waals surface area contributed by atoms with E-state index < -0.39 is 0 Å². The summed E-state index contributed by atoms with van der Waals surface area (Å²) in [5.41, 5.74) is 1.64. The van der Waals surface area contributed by atoms with Gasteiger partial charge in [-0.1, -0.05) is 19.9 Å². The van der Waals surface area contributed by atoms with Crippen molar-refractivity contribution in [2.24, 2.45) is 5.92 Å². The lowest BCUT2D eigenvalue weighted by molar-refractivity contribution is 0.0722. The number of pyridine rings is 1. The minimum Gasteiger partial charge on any atom is -0.490 e. The highest BCUT2D eigenvalue weighted by molar-refractivity contribution is 5.95. The van der Waals surface area contributed by atoms with E-state index in [1.54, 1.807) is 18.5 Å². The molecule has 25 heavy (non-hydrogen) atoms. The van der Waals surface area contributed by atoms with Gasteiger partial charge in [0.25, 0.3) is 5.91 Å². The maximum absolute atomic E-state index is 13.1. The lowest BCUT2D eigenvalue weighted by Gasteiger charge is -2.25. The maximum Gasteiger partial charge on any atom is 0.254 e. The van der Waals surface area contributed by atoms with Crippen LogP contribution in [-0.2, 0) is 6.54 Å². The normalized spacial score (nSPS) is 13.4. The topological polar surface area (TPSA) is 51.7 Å². The third kappa shape index (κ3) is 4.50. The summed E-state index contributed by atoms with van der Waals surface area (Å²) in [7, 11) is 0. The monoisotopic (exact) mass is 340 g/mol. The zero-order chi connectivity index (χ0) is 17.6. The molecule has 2 aromatic rings. The summed E-state index contributed by atoms with van der Waals surface area (Å²) in [6, 6.07) is 9.31. The van der Waals surface area contributed by atoms with E-state index in [4.69, 9.17) is 9.47 Å². The Morgan fingerprint density at radius 1 is 1.20 bits per heavy atom. The van der Waals surface area contributed by atoms with Gasteiger partial charge in [-0.3, -0.25) is 9.78 Å². The summed E-state index contributed by atoms with van der Waals surface area (Å²) < 4.78 is 11.4. The largest absolute Gasteiger partial charge is 0.490 e. The van der Waals surface area contributed by atoms with Gasteiger partial charge in [0.15, 0.2) is 11.5 Å². The molecule has 0 bridgehead atoms. The molecule has 0 saturated carbocycles. The second-order valence-electron chi connectivity index (χ2n) is 6.65. The van der Waals surface area contributed by atoms with Crippen LogP contribution in [-0.4, -0.2) is 35.5 Å². The molecule has 0 unspecified atom stereocenters. The molecule has 5 nitrogen and oxygen atoms in total. The molecule has 1 aliphatic rings. The first-order valence-corrected chi connectivity index (χ1v) is 8.71. The van der Waals surface area contributed by atoms with Crippen molar-refractivity contribution < 1.29 is 14.3 Å². The minimum absolute atomic E-state index is 0.00630. The van der Waals surface area contributed by atoms with E-state index in [1.165, 1.54) is 0 Å². The van der Waals surface area contributed by atoms with E-state index in [2.05, 4.69) is 18.8 Å². The summed E-state index contributed by atoms with van der Waals surface area (Å²) in [6.45, 7) is 6.69. The number of hydrogen-bond acceptors (Lipinski definition) is 4. The number of hydrogen-bond donors (Lipinski definition) is 0. The first-order chi connectivity index (χ1) is 12.1. The fraction of sp³-hybridized carbons (Fsp3) is 0.400. The number of carbonyl (C=O) groups excluding carboxylic acids is 1. The average molecular weight is 340 g/mol. The average Bonchev–Trinajstić information content (AvgIpc) is 2.85. The van der Waals surface area contributed by atoms with Gasteiger partial charge in [0.2, 0.25) is 0 Å². The van der Waals surface area contributed by atoms with Crippen molar-refractivity contribution in [3.63, 3.8) is 0 Å². The summed E-state index contributed by atoms with van der Waals surface area (Å²) in [6.07, 6.45) is 4.38. The van der Waals surface area contributed by atoms with Gasteiger partial charge < -0.3 is 14.4 Å². The van der Waals surface area contributed by atoms with Gasteiger partial charge in [0.05, 0.1) is 13.2 Å². The van der Waals surface area contributed by atoms with Crippen LogP contribution in [0.1, 0.15) is 36.2 Å². The standard InChI is InChI=1S/C20H24N2O3/c1-15(2)13-22(14-16-5-3-8-21-12-16)20(23)17-6-7-18-19(11-17)25-10-4-9-24-18/h3,5-8,11-12,15H,4,9-10,13-14H2,1-2H3. The fourth-order valence-corrected chi connectivity index (χ4v) is 2.85. The number of benzene rings is 1. The van der Waals surface area contributed by atoms with Crippen molar-refractivity contribution in [2.75, 3.05) is 19.8 Å². The number of nitrogens with zero attached hydrogens (tertiary/aromatic N) is 2. The van der Waals surface area contributed by atoms with Crippen molar-refractivity contribution in [1.29, 1.82) is 0 Å². The van der Waals surface area contributed by atoms with Crippen molar-refractivity contribution in [3.8, 4) is 11.5 Å². The van der Waals surface area contributed by atoms with Crippen LogP contribution < -0.4 is 9.47 Å². The van der Waals surface area contributed by atoms with Crippen LogP contribution in [0.4, 0.5) is 0 Å². The Hall–Kier alpha value is -2.56. The second-order valence-corrected chi connectivity index (χ2v) is 6.65. The lowest BCUT2D eigenvalue weighted by atomic mass is 10.1. The number of aromatic nitrogens is 1. The number of carbonyl (C=O) groups is 1. The van der Waals surface area contributed by atoms with E-state index in [9.17, 15) is 4.79 Å². The Kier molecular flexibility index (Phi) is 5.53. The highest BCUT2D eigenvalue weighted by atomic mass is 16.5. The Bertz CT molecular complexity index is 716. The van der Waals surface area contributed by atoms with Crippen molar-refractivity contribution >= 4 is 5.91 Å². The van der Waals surface area contributed by atoms with Gasteiger partial charge >= 0.3 is 0 Å². The molecule has 132 valence electrons. The quantitative estimate of drug-likeness (QED) is 0.835. The third-order valence-electron chi connectivity index (χ3n) is 3.96. The summed E-state index contributed by atoms with van der Waals surface area (Å²) in [5, 5.41) is 0. The zero-order valence-electron chi connectivity index (χ0n) is 14.8. The molecular formula is C20H24N2O3. The van der Waals surface area contributed by atoms with E-state index in [1.807, 2.05) is 29.2 Å². The summed E-state index contributed by atoms with van der Waals surface area (Å²) >= 11 is 0. The Morgan fingerprint density at radius 3 is 2.72 bits per heavy atom. The Balaban J connectivity index is 1.83. The molecule has 3 rings (SSSR count). The molecule has 0 aliphatic carbocycles. The maximum atomic E-state index is 13.1. The first-order valence-electron chi connectivity index (χ1n) is 8.71. The molecule has 1 amide bonds. The molecule has 2 heterocycles. The molecule has 5 heteroatoms. The van der Waals surface area contributed by atoms with E-state index in [0.717, 1.165) is 12.0 Å². The molecule has 1 aliphatic heterocycles. The van der Waals surface area contributed by atoms with Crippen molar-refractivity contribution in [2.45, 2.75) is 26.8 Å². The van der Waals surface area contributed by atoms with Gasteiger partial charge in [-0.2, -0.15) is 0 Å². The molecule has 0 radical (unpaired) electrons. The Labute approximate surface area is 148 Å². The van der Waals surface area contributed by atoms with E-state index in [-0.39, 0.29) is 5.91 Å². The van der Waals surface area contributed by atoms with Crippen LogP contribution in [0.15, 0.2) is 42.7 Å². The van der Waals surface area contributed by atoms with Crippen molar-refractivity contribution in [3.05, 3.63) is 53.9 Å². The highest BCUT2D eigenvalue weighted by Gasteiger charge is 2.20. The van der Waals surface area contributed by atoms with Crippen LogP contribution in [0.2, 0.25) is 0 Å². The van der Waals surface area contributed by atoms with E-state index in [0.29, 0.717) is 49.3 Å². The SMILES string of the molecule is CC(C)CN(Cc1cccnc1)C(=O)c1ccc2c(c1)OCCCO2. The molecular weight excluding hydrogens is 316 g/mol. The van der Waals surface area contributed by atoms with E-state index >= 15 is 0 Å². The number of fused-ring (bicyclic) bond motifs is 1. The Morgan fingerprint density at radius 2 is 2.00 bits per heavy atom. The van der Waals surface area contributed by atoms with Gasteiger partial charge in [-0.25, -0.2) is 0 Å². The molecule has 1 aromatic carbocycles. The molecule has 0 fully saturated rings. The number of rotatable bonds is 5. The lowest BCUT2D eigenvalue weighted by Crippen LogP contribution is -2.33. The minimum atomic E-state index is -0.00630. The molecule has 0 saturated heterocycles. The molecule has 0 spiro atoms. The predicted molar refractivity (Wildman–Crippen MR) is 95.9 cm³/mol. The van der Waals surface area contributed by atoms with Crippen LogP contribution in [0, 0.1) is 5.92 Å². The van der Waals surface area contributed by atoms with Crippen molar-refractivity contribution in [1.82, 2.24) is 9.88 Å². The fourth-order valence-electron chi connectivity index (χ4n) is 2.85. The first kappa shape index (κ1) is 17.3. The van der Waals surface area contributed by atoms with Crippen LogP contribution in [0.5, 0.6) is 11.5 Å².